The fourth-order valence-corrected chi connectivity index (χ4v) is 4.92. The molecule has 7 nitrogen and oxygen atoms in total. The second-order valence-corrected chi connectivity index (χ2v) is 9.66. The van der Waals surface area contributed by atoms with E-state index in [0.717, 1.165) is 43.0 Å². The molecule has 1 amide bonds. The number of anilines is 2. The van der Waals surface area contributed by atoms with Gasteiger partial charge in [0.25, 0.3) is 0 Å². The number of hydrogen-bond acceptors (Lipinski definition) is 5. The minimum absolute atomic E-state index is 0.0368. The number of aromatic nitrogens is 1. The van der Waals surface area contributed by atoms with E-state index in [1.54, 1.807) is 24.4 Å². The van der Waals surface area contributed by atoms with E-state index in [9.17, 15) is 13.2 Å². The maximum absolute atomic E-state index is 13.1. The van der Waals surface area contributed by atoms with Crippen molar-refractivity contribution in [1.29, 1.82) is 0 Å². The molecule has 2 aliphatic rings. The number of pyridine rings is 1. The van der Waals surface area contributed by atoms with Gasteiger partial charge >= 0.3 is 0 Å². The second kappa shape index (κ2) is 7.93. The summed E-state index contributed by atoms with van der Waals surface area (Å²) in [4.78, 5) is 21.7. The van der Waals surface area contributed by atoms with Crippen molar-refractivity contribution in [2.45, 2.75) is 24.2 Å². The number of carbonyl (C=O) groups is 1. The van der Waals surface area contributed by atoms with Crippen LogP contribution in [0.5, 0.6) is 0 Å². The Kier molecular flexibility index (Phi) is 5.50. The largest absolute Gasteiger partial charge is 0.357 e. The molecular formula is C20H23ClN4O3S. The molecule has 0 bridgehead atoms. The predicted molar refractivity (Wildman–Crippen MR) is 113 cm³/mol. The maximum atomic E-state index is 13.1. The number of sulfonamides is 1. The Labute approximate surface area is 175 Å². The first-order valence-corrected chi connectivity index (χ1v) is 11.5. The van der Waals surface area contributed by atoms with Crippen molar-refractivity contribution in [3.8, 4) is 0 Å². The highest BCUT2D eigenvalue weighted by Crippen LogP contribution is 2.33. The molecule has 2 aliphatic heterocycles. The zero-order valence-corrected chi connectivity index (χ0v) is 17.7. The molecule has 4 rings (SSSR count). The third-order valence-electron chi connectivity index (χ3n) is 5.67. The van der Waals surface area contributed by atoms with E-state index in [-0.39, 0.29) is 16.7 Å². The summed E-state index contributed by atoms with van der Waals surface area (Å²) in [5, 5.41) is 0.609. The summed E-state index contributed by atoms with van der Waals surface area (Å²) in [6.07, 6.45) is 3.84. The molecule has 1 N–H and O–H groups in total. The predicted octanol–water partition coefficient (Wildman–Crippen LogP) is 2.45. The minimum Gasteiger partial charge on any atom is -0.357 e. The highest BCUT2D eigenvalue weighted by molar-refractivity contribution is 7.89. The molecule has 1 saturated heterocycles. The lowest BCUT2D eigenvalue weighted by Crippen LogP contribution is -2.42. The van der Waals surface area contributed by atoms with Gasteiger partial charge in [-0.3, -0.25) is 4.79 Å². The average molecular weight is 435 g/mol. The number of rotatable bonds is 4. The minimum atomic E-state index is -3.49. The number of fused-ring (bicyclic) bond motifs is 1. The lowest BCUT2D eigenvalue weighted by atomic mass is 9.95. The Hall–Kier alpha value is -2.16. The van der Waals surface area contributed by atoms with Crippen LogP contribution in [0.1, 0.15) is 18.4 Å². The van der Waals surface area contributed by atoms with Crippen LogP contribution < -0.4 is 14.5 Å². The molecule has 154 valence electrons. The Morgan fingerprint density at radius 1 is 1.17 bits per heavy atom. The van der Waals surface area contributed by atoms with Crippen molar-refractivity contribution in [1.82, 2.24) is 9.71 Å². The van der Waals surface area contributed by atoms with Crippen LogP contribution in [0.15, 0.2) is 41.4 Å². The van der Waals surface area contributed by atoms with Gasteiger partial charge in [0, 0.05) is 37.4 Å². The van der Waals surface area contributed by atoms with Gasteiger partial charge in [0.15, 0.2) is 0 Å². The highest BCUT2D eigenvalue weighted by atomic mass is 35.5. The summed E-state index contributed by atoms with van der Waals surface area (Å²) in [5.74, 6) is 0.965. The van der Waals surface area contributed by atoms with Gasteiger partial charge in [-0.2, -0.15) is 0 Å². The van der Waals surface area contributed by atoms with Gasteiger partial charge in [0.2, 0.25) is 15.9 Å². The Bertz CT molecular complexity index is 1020. The van der Waals surface area contributed by atoms with Crippen LogP contribution in [-0.4, -0.2) is 46.0 Å². The van der Waals surface area contributed by atoms with Crippen LogP contribution in [0.3, 0.4) is 0 Å². The van der Waals surface area contributed by atoms with E-state index in [2.05, 4.69) is 14.6 Å². The van der Waals surface area contributed by atoms with Gasteiger partial charge in [-0.05, 0) is 62.2 Å². The van der Waals surface area contributed by atoms with Gasteiger partial charge in [-0.15, -0.1) is 0 Å². The molecule has 3 heterocycles. The van der Waals surface area contributed by atoms with Crippen molar-refractivity contribution < 1.29 is 13.2 Å². The Morgan fingerprint density at radius 3 is 2.59 bits per heavy atom. The van der Waals surface area contributed by atoms with E-state index in [0.29, 0.717) is 18.0 Å². The van der Waals surface area contributed by atoms with Crippen LogP contribution in [-0.2, 0) is 21.2 Å². The Balaban J connectivity index is 1.44. The fraction of sp³-hybridized carbons (Fsp3) is 0.400. The van der Waals surface area contributed by atoms with E-state index in [4.69, 9.17) is 11.6 Å². The molecular weight excluding hydrogens is 412 g/mol. The van der Waals surface area contributed by atoms with Crippen LogP contribution in [0, 0.1) is 5.92 Å². The normalized spacial score (nSPS) is 17.4. The monoisotopic (exact) mass is 434 g/mol. The molecule has 1 aromatic carbocycles. The first kappa shape index (κ1) is 20.1. The van der Waals surface area contributed by atoms with Crippen molar-refractivity contribution in [2.24, 2.45) is 5.92 Å². The molecule has 1 aromatic heterocycles. The summed E-state index contributed by atoms with van der Waals surface area (Å²) < 4.78 is 26.4. The molecule has 1 fully saturated rings. The molecule has 0 aliphatic carbocycles. The summed E-state index contributed by atoms with van der Waals surface area (Å²) in [5.41, 5.74) is 1.73. The Morgan fingerprint density at radius 2 is 1.93 bits per heavy atom. The molecule has 0 saturated carbocycles. The molecule has 2 aromatic rings. The summed E-state index contributed by atoms with van der Waals surface area (Å²) in [6, 6.07) is 8.70. The maximum Gasteiger partial charge on any atom is 0.240 e. The number of nitrogens with zero attached hydrogens (tertiary/aromatic N) is 3. The van der Waals surface area contributed by atoms with Crippen molar-refractivity contribution in [3.63, 3.8) is 0 Å². The molecule has 0 atom stereocenters. The molecule has 0 unspecified atom stereocenters. The summed E-state index contributed by atoms with van der Waals surface area (Å²) in [6.45, 7) is 2.13. The summed E-state index contributed by atoms with van der Waals surface area (Å²) >= 11 is 5.90. The highest BCUT2D eigenvalue weighted by Gasteiger charge is 2.33. The zero-order valence-electron chi connectivity index (χ0n) is 16.1. The second-order valence-electron chi connectivity index (χ2n) is 7.33. The van der Waals surface area contributed by atoms with E-state index >= 15 is 0 Å². The van der Waals surface area contributed by atoms with Crippen LogP contribution in [0.2, 0.25) is 5.02 Å². The number of carbonyl (C=O) groups excluding carboxylic acids is 1. The lowest BCUT2D eigenvalue weighted by Gasteiger charge is -2.34. The SMILES string of the molecule is CNS(=O)(=O)c1ccc2c(c1)CCN2C(=O)C1CCN(c2ccc(Cl)cn2)CC1. The van der Waals surface area contributed by atoms with Crippen LogP contribution >= 0.6 is 11.6 Å². The quantitative estimate of drug-likeness (QED) is 0.799. The third-order valence-corrected chi connectivity index (χ3v) is 7.31. The van der Waals surface area contributed by atoms with Crippen LogP contribution in [0.4, 0.5) is 11.5 Å². The molecule has 0 spiro atoms. The van der Waals surface area contributed by atoms with Gasteiger partial charge in [-0.25, -0.2) is 18.1 Å². The van der Waals surface area contributed by atoms with E-state index in [1.807, 2.05) is 17.0 Å². The number of piperidine rings is 1. The molecule has 29 heavy (non-hydrogen) atoms. The van der Waals surface area contributed by atoms with Gasteiger partial charge < -0.3 is 9.80 Å². The molecule has 0 radical (unpaired) electrons. The topological polar surface area (TPSA) is 82.6 Å². The van der Waals surface area contributed by atoms with Gasteiger partial charge in [0.1, 0.15) is 5.82 Å². The van der Waals surface area contributed by atoms with E-state index in [1.165, 1.54) is 7.05 Å². The lowest BCUT2D eigenvalue weighted by molar-refractivity contribution is -0.122. The smallest absolute Gasteiger partial charge is 0.240 e. The fourth-order valence-electron chi connectivity index (χ4n) is 4.02. The first-order chi connectivity index (χ1) is 13.9. The molecule has 9 heteroatoms. The first-order valence-electron chi connectivity index (χ1n) is 9.63. The zero-order chi connectivity index (χ0) is 20.6. The van der Waals surface area contributed by atoms with Crippen molar-refractivity contribution >= 4 is 39.0 Å². The number of nitrogens with one attached hydrogen (secondary N) is 1. The number of benzene rings is 1. The van der Waals surface area contributed by atoms with Crippen LogP contribution in [0.25, 0.3) is 0 Å². The number of hydrogen-bond donors (Lipinski definition) is 1. The van der Waals surface area contributed by atoms with Gasteiger partial charge in [-0.1, -0.05) is 11.6 Å². The van der Waals surface area contributed by atoms with Crippen molar-refractivity contribution in [3.05, 3.63) is 47.1 Å². The van der Waals surface area contributed by atoms with Crippen molar-refractivity contribution in [2.75, 3.05) is 36.5 Å². The number of amides is 1. The third kappa shape index (κ3) is 3.97. The van der Waals surface area contributed by atoms with E-state index < -0.39 is 10.0 Å². The van der Waals surface area contributed by atoms with Gasteiger partial charge in [0.05, 0.1) is 9.92 Å². The summed E-state index contributed by atoms with van der Waals surface area (Å²) in [7, 11) is -2.09. The average Bonchev–Trinajstić information content (AvgIpc) is 3.17. The standard InChI is InChI=1S/C20H23ClN4O3S/c1-22-29(27,28)17-3-4-18-15(12-17)8-11-25(18)20(26)14-6-9-24(10-7-14)19-5-2-16(21)13-23-19/h2-5,12-14,22H,6-11H2,1H3. The number of halogens is 1.